The third-order valence-electron chi connectivity index (χ3n) is 4.14. The molecule has 0 saturated heterocycles. The first kappa shape index (κ1) is 16.4. The van der Waals surface area contributed by atoms with E-state index >= 15 is 0 Å². The Balaban J connectivity index is 1.91. The van der Waals surface area contributed by atoms with Gasteiger partial charge in [-0.3, -0.25) is 9.69 Å². The summed E-state index contributed by atoms with van der Waals surface area (Å²) in [6.07, 6.45) is 5.20. The summed E-state index contributed by atoms with van der Waals surface area (Å²) in [7, 11) is 0. The number of rotatable bonds is 6. The third kappa shape index (κ3) is 4.49. The highest BCUT2D eigenvalue weighted by Gasteiger charge is 2.31. The van der Waals surface area contributed by atoms with Gasteiger partial charge < -0.3 is 11.1 Å². The highest BCUT2D eigenvalue weighted by molar-refractivity contribution is 9.10. The van der Waals surface area contributed by atoms with Crippen molar-refractivity contribution >= 4 is 27.7 Å². The molecule has 3 N–H and O–H groups in total. The summed E-state index contributed by atoms with van der Waals surface area (Å²) in [5.41, 5.74) is 5.84. The number of pyridine rings is 1. The van der Waals surface area contributed by atoms with Gasteiger partial charge in [0.2, 0.25) is 5.91 Å². The zero-order valence-electron chi connectivity index (χ0n) is 12.4. The van der Waals surface area contributed by atoms with E-state index in [9.17, 15) is 4.79 Å². The van der Waals surface area contributed by atoms with Crippen molar-refractivity contribution in [3.8, 4) is 0 Å². The molecule has 1 aromatic heterocycles. The van der Waals surface area contributed by atoms with Crippen molar-refractivity contribution in [2.24, 2.45) is 11.7 Å². The lowest BCUT2D eigenvalue weighted by Gasteiger charge is -2.31. The first-order chi connectivity index (χ1) is 10.1. The fourth-order valence-corrected chi connectivity index (χ4v) is 3.29. The molecular weight excluding hydrogens is 332 g/mol. The van der Waals surface area contributed by atoms with Crippen LogP contribution in [0.4, 0.5) is 5.82 Å². The monoisotopic (exact) mass is 354 g/mol. The van der Waals surface area contributed by atoms with Crippen LogP contribution in [0.1, 0.15) is 26.2 Å². The summed E-state index contributed by atoms with van der Waals surface area (Å²) in [6.45, 7) is 4.06. The summed E-state index contributed by atoms with van der Waals surface area (Å²) < 4.78 is 0.896. The molecule has 0 aliphatic heterocycles. The Labute approximate surface area is 134 Å². The van der Waals surface area contributed by atoms with Crippen LogP contribution in [0.15, 0.2) is 22.8 Å². The Kier molecular flexibility index (Phi) is 6.14. The van der Waals surface area contributed by atoms with Crippen LogP contribution in [0.3, 0.4) is 0 Å². The average Bonchev–Trinajstić information content (AvgIpc) is 2.95. The number of hydrogen-bond acceptors (Lipinski definition) is 4. The SMILES string of the molecule is CCN(CC(=O)Nc1ccc(Br)cn1)C1CCCC1CN. The quantitative estimate of drug-likeness (QED) is 0.821. The third-order valence-corrected chi connectivity index (χ3v) is 4.61. The number of carbonyl (C=O) groups is 1. The maximum atomic E-state index is 12.2. The van der Waals surface area contributed by atoms with Gasteiger partial charge in [0.05, 0.1) is 6.54 Å². The van der Waals surface area contributed by atoms with Crippen LogP contribution in [-0.2, 0) is 4.79 Å². The summed E-state index contributed by atoms with van der Waals surface area (Å²) in [5, 5.41) is 2.85. The van der Waals surface area contributed by atoms with Gasteiger partial charge in [0.15, 0.2) is 0 Å². The predicted octanol–water partition coefficient (Wildman–Crippen LogP) is 2.23. The van der Waals surface area contributed by atoms with Gasteiger partial charge in [0, 0.05) is 16.7 Å². The van der Waals surface area contributed by atoms with Crippen LogP contribution >= 0.6 is 15.9 Å². The molecule has 1 aliphatic rings. The molecule has 116 valence electrons. The maximum Gasteiger partial charge on any atom is 0.239 e. The Morgan fingerprint density at radius 3 is 2.95 bits per heavy atom. The molecule has 1 fully saturated rings. The van der Waals surface area contributed by atoms with Crippen molar-refractivity contribution in [2.75, 3.05) is 25.0 Å². The predicted molar refractivity (Wildman–Crippen MR) is 88.0 cm³/mol. The van der Waals surface area contributed by atoms with E-state index in [2.05, 4.69) is 38.1 Å². The van der Waals surface area contributed by atoms with Crippen LogP contribution in [0, 0.1) is 5.92 Å². The van der Waals surface area contributed by atoms with E-state index in [4.69, 9.17) is 5.73 Å². The molecule has 1 aliphatic carbocycles. The zero-order chi connectivity index (χ0) is 15.2. The molecule has 5 nitrogen and oxygen atoms in total. The van der Waals surface area contributed by atoms with E-state index < -0.39 is 0 Å². The highest BCUT2D eigenvalue weighted by atomic mass is 79.9. The van der Waals surface area contributed by atoms with E-state index in [1.165, 1.54) is 12.8 Å². The maximum absolute atomic E-state index is 12.2. The number of hydrogen-bond donors (Lipinski definition) is 2. The van der Waals surface area contributed by atoms with Crippen LogP contribution in [0.25, 0.3) is 0 Å². The molecule has 0 bridgehead atoms. The topological polar surface area (TPSA) is 71.2 Å². The van der Waals surface area contributed by atoms with Crippen molar-refractivity contribution in [3.05, 3.63) is 22.8 Å². The molecule has 0 radical (unpaired) electrons. The van der Waals surface area contributed by atoms with Crippen molar-refractivity contribution in [1.82, 2.24) is 9.88 Å². The van der Waals surface area contributed by atoms with Crippen LogP contribution in [0.5, 0.6) is 0 Å². The molecule has 1 aromatic rings. The molecule has 1 amide bonds. The van der Waals surface area contributed by atoms with E-state index in [0.29, 0.717) is 30.9 Å². The molecule has 6 heteroatoms. The summed E-state index contributed by atoms with van der Waals surface area (Å²) >= 11 is 3.33. The Bertz CT molecular complexity index is 465. The van der Waals surface area contributed by atoms with Gasteiger partial charge >= 0.3 is 0 Å². The van der Waals surface area contributed by atoms with Crippen molar-refractivity contribution < 1.29 is 4.79 Å². The largest absolute Gasteiger partial charge is 0.330 e. The summed E-state index contributed by atoms with van der Waals surface area (Å²) in [4.78, 5) is 18.6. The first-order valence-corrected chi connectivity index (χ1v) is 8.28. The zero-order valence-corrected chi connectivity index (χ0v) is 14.0. The van der Waals surface area contributed by atoms with Gasteiger partial charge in [0.25, 0.3) is 0 Å². The molecule has 0 spiro atoms. The number of anilines is 1. The first-order valence-electron chi connectivity index (χ1n) is 7.49. The van der Waals surface area contributed by atoms with Gasteiger partial charge in [0.1, 0.15) is 5.82 Å². The lowest BCUT2D eigenvalue weighted by molar-refractivity contribution is -0.118. The van der Waals surface area contributed by atoms with E-state index in [-0.39, 0.29) is 5.91 Å². The van der Waals surface area contributed by atoms with Crippen LogP contribution < -0.4 is 11.1 Å². The number of aromatic nitrogens is 1. The summed E-state index contributed by atoms with van der Waals surface area (Å²) in [6, 6.07) is 4.08. The molecule has 2 rings (SSSR count). The second-order valence-corrected chi connectivity index (χ2v) is 6.38. The van der Waals surface area contributed by atoms with Crippen molar-refractivity contribution in [3.63, 3.8) is 0 Å². The minimum absolute atomic E-state index is 0.0191. The number of carbonyl (C=O) groups excluding carboxylic acids is 1. The molecule has 21 heavy (non-hydrogen) atoms. The standard InChI is InChI=1S/C15H23BrN4O/c1-2-20(13-5-3-4-11(13)8-17)10-15(21)19-14-7-6-12(16)9-18-14/h6-7,9,11,13H,2-5,8,10,17H2,1H3,(H,18,19,21). The molecule has 0 aromatic carbocycles. The molecule has 2 atom stereocenters. The Morgan fingerprint density at radius 2 is 2.33 bits per heavy atom. The molecule has 1 saturated carbocycles. The number of nitrogens with zero attached hydrogens (tertiary/aromatic N) is 2. The van der Waals surface area contributed by atoms with Gasteiger partial charge in [-0.1, -0.05) is 13.3 Å². The Hall–Kier alpha value is -0.980. The van der Waals surface area contributed by atoms with Crippen molar-refractivity contribution in [1.29, 1.82) is 0 Å². The van der Waals surface area contributed by atoms with E-state index in [1.807, 2.05) is 6.07 Å². The number of nitrogens with one attached hydrogen (secondary N) is 1. The van der Waals surface area contributed by atoms with E-state index in [0.717, 1.165) is 17.4 Å². The Morgan fingerprint density at radius 1 is 1.52 bits per heavy atom. The van der Waals surface area contributed by atoms with Gasteiger partial charge in [-0.05, 0) is 59.9 Å². The molecule has 1 heterocycles. The second kappa shape index (κ2) is 7.87. The number of amides is 1. The number of nitrogens with two attached hydrogens (primary N) is 1. The van der Waals surface area contributed by atoms with Crippen LogP contribution in [-0.4, -0.2) is 41.5 Å². The fourth-order valence-electron chi connectivity index (χ4n) is 3.05. The second-order valence-electron chi connectivity index (χ2n) is 5.47. The minimum Gasteiger partial charge on any atom is -0.330 e. The normalized spacial score (nSPS) is 21.7. The lowest BCUT2D eigenvalue weighted by atomic mass is 10.0. The van der Waals surface area contributed by atoms with Crippen LogP contribution in [0.2, 0.25) is 0 Å². The van der Waals surface area contributed by atoms with E-state index in [1.54, 1.807) is 12.3 Å². The van der Waals surface area contributed by atoms with Gasteiger partial charge in [-0.2, -0.15) is 0 Å². The highest BCUT2D eigenvalue weighted by Crippen LogP contribution is 2.29. The number of likely N-dealkylation sites (N-methyl/N-ethyl adjacent to an activating group) is 1. The molecular formula is C15H23BrN4O. The molecule has 2 unspecified atom stereocenters. The smallest absolute Gasteiger partial charge is 0.239 e. The fraction of sp³-hybridized carbons (Fsp3) is 0.600. The summed E-state index contributed by atoms with van der Waals surface area (Å²) in [5.74, 6) is 1.08. The average molecular weight is 355 g/mol. The van der Waals surface area contributed by atoms with Gasteiger partial charge in [-0.15, -0.1) is 0 Å². The van der Waals surface area contributed by atoms with Gasteiger partial charge in [-0.25, -0.2) is 4.98 Å². The number of halogens is 1. The lowest BCUT2D eigenvalue weighted by Crippen LogP contribution is -2.44. The minimum atomic E-state index is -0.0191. The van der Waals surface area contributed by atoms with Crippen molar-refractivity contribution in [2.45, 2.75) is 32.2 Å².